The Labute approximate surface area is 141 Å². The van der Waals surface area contributed by atoms with Crippen molar-refractivity contribution in [2.75, 3.05) is 42.6 Å². The molecule has 2 fully saturated rings. The van der Waals surface area contributed by atoms with Crippen LogP contribution in [0.5, 0.6) is 0 Å². The third-order valence-corrected chi connectivity index (χ3v) is 6.12. The molecule has 2 N–H and O–H groups in total. The Morgan fingerprint density at radius 1 is 1.29 bits per heavy atom. The average molecular weight is 355 g/mol. The number of alkyl halides is 1. The van der Waals surface area contributed by atoms with Gasteiger partial charge in [0.15, 0.2) is 9.84 Å². The van der Waals surface area contributed by atoms with Gasteiger partial charge in [-0.05, 0) is 18.6 Å². The van der Waals surface area contributed by atoms with Crippen molar-refractivity contribution >= 4 is 21.4 Å². The van der Waals surface area contributed by atoms with Crippen LogP contribution in [-0.2, 0) is 9.84 Å². The highest BCUT2D eigenvalue weighted by Crippen LogP contribution is 2.22. The molecule has 1 aromatic rings. The maximum atomic E-state index is 13.2. The van der Waals surface area contributed by atoms with Crippen molar-refractivity contribution in [2.45, 2.75) is 18.6 Å². The van der Waals surface area contributed by atoms with Crippen LogP contribution in [0.3, 0.4) is 0 Å². The van der Waals surface area contributed by atoms with E-state index in [2.05, 4.69) is 10.6 Å². The van der Waals surface area contributed by atoms with Crippen molar-refractivity contribution in [1.29, 1.82) is 0 Å². The largest absolute Gasteiger partial charge is 0.369 e. The molecular formula is C16H22FN3O3S. The number of anilines is 1. The summed E-state index contributed by atoms with van der Waals surface area (Å²) < 4.78 is 36.3. The second-order valence-corrected chi connectivity index (χ2v) is 8.61. The minimum atomic E-state index is -2.97. The van der Waals surface area contributed by atoms with Crippen LogP contribution in [-0.4, -0.2) is 64.2 Å². The summed E-state index contributed by atoms with van der Waals surface area (Å²) in [7, 11) is -2.97. The van der Waals surface area contributed by atoms with E-state index >= 15 is 0 Å². The first-order valence-corrected chi connectivity index (χ1v) is 9.97. The van der Waals surface area contributed by atoms with E-state index in [9.17, 15) is 17.6 Å². The number of nitrogens with one attached hydrogen (secondary N) is 2. The highest BCUT2D eigenvalue weighted by atomic mass is 32.2. The van der Waals surface area contributed by atoms with Crippen LogP contribution in [0.4, 0.5) is 10.1 Å². The number of nitrogens with zero attached hydrogens (tertiary/aromatic N) is 1. The predicted octanol–water partition coefficient (Wildman–Crippen LogP) is 0.351. The number of rotatable bonds is 4. The molecule has 0 saturated carbocycles. The van der Waals surface area contributed by atoms with Gasteiger partial charge in [-0.15, -0.1) is 0 Å². The van der Waals surface area contributed by atoms with E-state index in [-0.39, 0.29) is 23.5 Å². The second kappa shape index (κ2) is 7.06. The quantitative estimate of drug-likeness (QED) is 0.815. The highest BCUT2D eigenvalue weighted by Gasteiger charge is 2.26. The molecule has 0 bridgehead atoms. The summed E-state index contributed by atoms with van der Waals surface area (Å²) in [5.74, 6) is -0.0113. The molecule has 0 unspecified atom stereocenters. The number of hydrogen-bond donors (Lipinski definition) is 2. The molecule has 0 aromatic heterocycles. The molecular weight excluding hydrogens is 333 g/mol. The zero-order valence-corrected chi connectivity index (χ0v) is 14.2. The zero-order valence-electron chi connectivity index (χ0n) is 13.4. The second-order valence-electron chi connectivity index (χ2n) is 6.30. The first-order valence-electron chi connectivity index (χ1n) is 8.15. The zero-order chi connectivity index (χ0) is 17.2. The fraction of sp³-hybridized carbons (Fsp3) is 0.562. The predicted molar refractivity (Wildman–Crippen MR) is 90.9 cm³/mol. The standard InChI is InChI=1S/C16H22FN3O3S/c17-12-9-13(18-10-12)11-19-16(21)14-3-1-2-4-15(14)20-5-7-24(22,23)8-6-20/h1-4,12-13,18H,5-11H2,(H,19,21)/t12-,13-/m0/s1. The maximum Gasteiger partial charge on any atom is 0.253 e. The smallest absolute Gasteiger partial charge is 0.253 e. The third kappa shape index (κ3) is 4.05. The number of sulfone groups is 1. The summed E-state index contributed by atoms with van der Waals surface area (Å²) in [6.45, 7) is 1.49. The molecule has 2 saturated heterocycles. The lowest BCUT2D eigenvalue weighted by molar-refractivity contribution is 0.0950. The summed E-state index contributed by atoms with van der Waals surface area (Å²) in [6, 6.07) is 7.13. The molecule has 132 valence electrons. The van der Waals surface area contributed by atoms with E-state index in [0.717, 1.165) is 5.69 Å². The summed E-state index contributed by atoms with van der Waals surface area (Å²) in [6.07, 6.45) is -0.444. The van der Waals surface area contributed by atoms with Crippen molar-refractivity contribution in [3.05, 3.63) is 29.8 Å². The Bertz CT molecular complexity index is 696. The van der Waals surface area contributed by atoms with Crippen LogP contribution in [0.25, 0.3) is 0 Å². The van der Waals surface area contributed by atoms with Gasteiger partial charge in [-0.25, -0.2) is 12.8 Å². The van der Waals surface area contributed by atoms with Gasteiger partial charge in [0.1, 0.15) is 6.17 Å². The molecule has 0 radical (unpaired) electrons. The Kier molecular flexibility index (Phi) is 5.05. The first kappa shape index (κ1) is 17.2. The molecule has 2 aliphatic heterocycles. The van der Waals surface area contributed by atoms with E-state index in [1.54, 1.807) is 12.1 Å². The van der Waals surface area contributed by atoms with E-state index in [4.69, 9.17) is 0 Å². The van der Waals surface area contributed by atoms with Gasteiger partial charge >= 0.3 is 0 Å². The van der Waals surface area contributed by atoms with E-state index in [1.807, 2.05) is 17.0 Å². The van der Waals surface area contributed by atoms with Gasteiger partial charge in [0.2, 0.25) is 0 Å². The maximum absolute atomic E-state index is 13.2. The van der Waals surface area contributed by atoms with Gasteiger partial charge in [0.25, 0.3) is 5.91 Å². The van der Waals surface area contributed by atoms with Crippen LogP contribution in [0, 0.1) is 0 Å². The summed E-state index contributed by atoms with van der Waals surface area (Å²) in [5.41, 5.74) is 1.26. The summed E-state index contributed by atoms with van der Waals surface area (Å²) >= 11 is 0. The van der Waals surface area contributed by atoms with Crippen LogP contribution in [0.1, 0.15) is 16.8 Å². The van der Waals surface area contributed by atoms with Gasteiger partial charge in [-0.3, -0.25) is 4.79 Å². The molecule has 8 heteroatoms. The summed E-state index contributed by atoms with van der Waals surface area (Å²) in [5, 5.41) is 5.88. The number of para-hydroxylation sites is 1. The Hall–Kier alpha value is -1.67. The molecule has 6 nitrogen and oxygen atoms in total. The van der Waals surface area contributed by atoms with Gasteiger partial charge in [-0.1, -0.05) is 12.1 Å². The van der Waals surface area contributed by atoms with Gasteiger partial charge < -0.3 is 15.5 Å². The highest BCUT2D eigenvalue weighted by molar-refractivity contribution is 7.91. The molecule has 2 atom stereocenters. The number of hydrogen-bond acceptors (Lipinski definition) is 5. The average Bonchev–Trinajstić information content (AvgIpc) is 2.98. The normalized spacial score (nSPS) is 26.3. The monoisotopic (exact) mass is 355 g/mol. The molecule has 24 heavy (non-hydrogen) atoms. The van der Waals surface area contributed by atoms with E-state index in [1.165, 1.54) is 0 Å². The van der Waals surface area contributed by atoms with Crippen molar-refractivity contribution in [3.63, 3.8) is 0 Å². The number of carbonyl (C=O) groups excluding carboxylic acids is 1. The van der Waals surface area contributed by atoms with Crippen LogP contribution >= 0.6 is 0 Å². The SMILES string of the molecule is O=C(NC[C@@H]1C[C@H](F)CN1)c1ccccc1N1CCS(=O)(=O)CC1. The topological polar surface area (TPSA) is 78.5 Å². The summed E-state index contributed by atoms with van der Waals surface area (Å²) in [4.78, 5) is 14.4. The van der Waals surface area contributed by atoms with Crippen molar-refractivity contribution < 1.29 is 17.6 Å². The number of benzene rings is 1. The minimum Gasteiger partial charge on any atom is -0.369 e. The fourth-order valence-corrected chi connectivity index (χ4v) is 4.33. The molecule has 3 rings (SSSR count). The lowest BCUT2D eigenvalue weighted by Gasteiger charge is -2.30. The number of carbonyl (C=O) groups is 1. The Morgan fingerprint density at radius 2 is 2.00 bits per heavy atom. The Balaban J connectivity index is 1.66. The van der Waals surface area contributed by atoms with Gasteiger partial charge in [0.05, 0.1) is 17.1 Å². The first-order chi connectivity index (χ1) is 11.4. The lowest BCUT2D eigenvalue weighted by Crippen LogP contribution is -2.42. The van der Waals surface area contributed by atoms with Crippen molar-refractivity contribution in [3.8, 4) is 0 Å². The van der Waals surface area contributed by atoms with Gasteiger partial charge in [-0.2, -0.15) is 0 Å². The van der Waals surface area contributed by atoms with E-state index in [0.29, 0.717) is 38.2 Å². The molecule has 2 heterocycles. The third-order valence-electron chi connectivity index (χ3n) is 4.51. The minimum absolute atomic E-state index is 0.0451. The van der Waals surface area contributed by atoms with Crippen LogP contribution in [0.2, 0.25) is 0 Å². The molecule has 1 amide bonds. The van der Waals surface area contributed by atoms with Crippen molar-refractivity contribution in [2.24, 2.45) is 0 Å². The van der Waals surface area contributed by atoms with Crippen LogP contribution < -0.4 is 15.5 Å². The molecule has 2 aliphatic rings. The van der Waals surface area contributed by atoms with Crippen molar-refractivity contribution in [1.82, 2.24) is 10.6 Å². The molecule has 0 aliphatic carbocycles. The lowest BCUT2D eigenvalue weighted by atomic mass is 10.1. The number of amides is 1. The van der Waals surface area contributed by atoms with E-state index < -0.39 is 16.0 Å². The fourth-order valence-electron chi connectivity index (χ4n) is 3.13. The Morgan fingerprint density at radius 3 is 2.67 bits per heavy atom. The number of halogens is 1. The van der Waals surface area contributed by atoms with Gasteiger partial charge in [0, 0.05) is 37.9 Å². The molecule has 0 spiro atoms. The van der Waals surface area contributed by atoms with Crippen LogP contribution in [0.15, 0.2) is 24.3 Å². The molecule has 1 aromatic carbocycles.